The van der Waals surface area contributed by atoms with Crippen molar-refractivity contribution in [3.8, 4) is 11.5 Å². The van der Waals surface area contributed by atoms with Crippen molar-refractivity contribution in [2.75, 3.05) is 0 Å². The summed E-state index contributed by atoms with van der Waals surface area (Å²) in [5.74, 6) is 0.260. The van der Waals surface area contributed by atoms with E-state index in [9.17, 15) is 9.59 Å². The van der Waals surface area contributed by atoms with E-state index in [1.54, 1.807) is 36.4 Å². The number of H-pyrrole nitrogens is 1. The van der Waals surface area contributed by atoms with Crippen LogP contribution in [0, 0.1) is 0 Å². The standard InChI is InChI=1S/C28H23NO4/c1-28(2,3)19-10-8-17(9-11-19)27(31)32-20-12-13-22-24(15-20)33-25(26(22)30)14-18-16-29-23-7-5-4-6-21(18)23/h4-16,29H,1-3H3. The summed E-state index contributed by atoms with van der Waals surface area (Å²) in [6, 6.07) is 20.0. The van der Waals surface area contributed by atoms with Crippen LogP contribution in [0.25, 0.3) is 17.0 Å². The van der Waals surface area contributed by atoms with Crippen molar-refractivity contribution < 1.29 is 19.1 Å². The van der Waals surface area contributed by atoms with Gasteiger partial charge < -0.3 is 14.5 Å². The van der Waals surface area contributed by atoms with Crippen molar-refractivity contribution in [3.05, 3.63) is 101 Å². The van der Waals surface area contributed by atoms with Crippen LogP contribution >= 0.6 is 0 Å². The second-order valence-electron chi connectivity index (χ2n) is 9.10. The number of rotatable bonds is 3. The van der Waals surface area contributed by atoms with Gasteiger partial charge >= 0.3 is 5.97 Å². The number of para-hydroxylation sites is 1. The van der Waals surface area contributed by atoms with Crippen molar-refractivity contribution >= 4 is 28.7 Å². The Labute approximate surface area is 191 Å². The minimum atomic E-state index is -0.464. The van der Waals surface area contributed by atoms with E-state index >= 15 is 0 Å². The summed E-state index contributed by atoms with van der Waals surface area (Å²) < 4.78 is 11.4. The molecule has 1 N–H and O–H groups in total. The lowest BCUT2D eigenvalue weighted by molar-refractivity contribution is 0.0734. The molecule has 33 heavy (non-hydrogen) atoms. The zero-order valence-corrected chi connectivity index (χ0v) is 18.6. The maximum atomic E-state index is 12.8. The van der Waals surface area contributed by atoms with Gasteiger partial charge in [0.05, 0.1) is 11.1 Å². The Morgan fingerprint density at radius 1 is 1.00 bits per heavy atom. The van der Waals surface area contributed by atoms with E-state index in [0.29, 0.717) is 22.6 Å². The zero-order chi connectivity index (χ0) is 23.2. The van der Waals surface area contributed by atoms with Crippen LogP contribution in [-0.2, 0) is 5.41 Å². The third kappa shape index (κ3) is 3.94. The monoisotopic (exact) mass is 437 g/mol. The van der Waals surface area contributed by atoms with Crippen LogP contribution < -0.4 is 9.47 Å². The van der Waals surface area contributed by atoms with Crippen molar-refractivity contribution in [1.82, 2.24) is 4.98 Å². The highest BCUT2D eigenvalue weighted by molar-refractivity contribution is 6.15. The second-order valence-corrected chi connectivity index (χ2v) is 9.10. The van der Waals surface area contributed by atoms with Gasteiger partial charge in [0.2, 0.25) is 5.78 Å². The van der Waals surface area contributed by atoms with Crippen LogP contribution in [-0.4, -0.2) is 16.7 Å². The molecule has 1 aliphatic heterocycles. The number of Topliss-reactive ketones (excluding diaryl/α,β-unsaturated/α-hetero) is 1. The predicted octanol–water partition coefficient (Wildman–Crippen LogP) is 6.30. The molecule has 0 amide bonds. The minimum Gasteiger partial charge on any atom is -0.452 e. The Bertz CT molecular complexity index is 1420. The molecule has 2 heterocycles. The average Bonchev–Trinajstić information content (AvgIpc) is 3.34. The third-order valence-electron chi connectivity index (χ3n) is 5.75. The quantitative estimate of drug-likeness (QED) is 0.232. The number of allylic oxidation sites excluding steroid dienone is 1. The first-order chi connectivity index (χ1) is 15.8. The summed E-state index contributed by atoms with van der Waals surface area (Å²) in [6.07, 6.45) is 3.57. The summed E-state index contributed by atoms with van der Waals surface area (Å²) in [6.45, 7) is 6.36. The van der Waals surface area contributed by atoms with Gasteiger partial charge in [0.25, 0.3) is 0 Å². The SMILES string of the molecule is CC(C)(C)c1ccc(C(=O)Oc2ccc3c(c2)OC(=Cc2c[nH]c4ccccc24)C3=O)cc1. The number of hydrogen-bond donors (Lipinski definition) is 1. The molecule has 5 nitrogen and oxygen atoms in total. The average molecular weight is 437 g/mol. The molecule has 5 rings (SSSR count). The van der Waals surface area contributed by atoms with E-state index in [4.69, 9.17) is 9.47 Å². The zero-order valence-electron chi connectivity index (χ0n) is 18.6. The lowest BCUT2D eigenvalue weighted by Gasteiger charge is -2.18. The molecule has 1 aromatic heterocycles. The highest BCUT2D eigenvalue weighted by atomic mass is 16.5. The maximum absolute atomic E-state index is 12.8. The minimum absolute atomic E-state index is 0.00417. The molecule has 4 aromatic rings. The number of nitrogens with one attached hydrogen (secondary N) is 1. The first-order valence-electron chi connectivity index (χ1n) is 10.8. The molecule has 0 atom stereocenters. The fourth-order valence-electron chi connectivity index (χ4n) is 3.86. The molecule has 3 aromatic carbocycles. The highest BCUT2D eigenvalue weighted by Crippen LogP contribution is 2.36. The summed E-state index contributed by atoms with van der Waals surface area (Å²) >= 11 is 0. The second kappa shape index (κ2) is 7.78. The Morgan fingerprint density at radius 2 is 1.76 bits per heavy atom. The molecule has 0 unspecified atom stereocenters. The van der Waals surface area contributed by atoms with Gasteiger partial charge in [0, 0.05) is 28.7 Å². The molecule has 0 spiro atoms. The van der Waals surface area contributed by atoms with Gasteiger partial charge in [0.15, 0.2) is 5.76 Å². The van der Waals surface area contributed by atoms with E-state index < -0.39 is 5.97 Å². The first-order valence-corrected chi connectivity index (χ1v) is 10.8. The number of benzene rings is 3. The van der Waals surface area contributed by atoms with Crippen molar-refractivity contribution in [1.29, 1.82) is 0 Å². The van der Waals surface area contributed by atoms with Gasteiger partial charge in [-0.25, -0.2) is 4.79 Å². The number of hydrogen-bond acceptors (Lipinski definition) is 4. The Hall–Kier alpha value is -4.12. The summed E-state index contributed by atoms with van der Waals surface area (Å²) in [7, 11) is 0. The van der Waals surface area contributed by atoms with E-state index in [2.05, 4.69) is 25.8 Å². The summed E-state index contributed by atoms with van der Waals surface area (Å²) in [4.78, 5) is 28.6. The number of aromatic nitrogens is 1. The number of fused-ring (bicyclic) bond motifs is 2. The summed E-state index contributed by atoms with van der Waals surface area (Å²) in [5, 5.41) is 1.00. The normalized spacial score (nSPS) is 14.4. The van der Waals surface area contributed by atoms with Crippen molar-refractivity contribution in [3.63, 3.8) is 0 Å². The Kier molecular flexibility index (Phi) is 4.90. The topological polar surface area (TPSA) is 68.4 Å². The number of ether oxygens (including phenoxy) is 2. The van der Waals surface area contributed by atoms with Crippen LogP contribution in [0.4, 0.5) is 0 Å². The van der Waals surface area contributed by atoms with Gasteiger partial charge in [0.1, 0.15) is 11.5 Å². The molecule has 1 aliphatic rings. The molecular weight excluding hydrogens is 414 g/mol. The highest BCUT2D eigenvalue weighted by Gasteiger charge is 2.28. The number of ketones is 1. The molecule has 0 radical (unpaired) electrons. The lowest BCUT2D eigenvalue weighted by Crippen LogP contribution is -2.12. The fraction of sp³-hybridized carbons (Fsp3) is 0.143. The van der Waals surface area contributed by atoms with Crippen LogP contribution in [0.3, 0.4) is 0 Å². The van der Waals surface area contributed by atoms with Gasteiger partial charge in [-0.1, -0.05) is 51.1 Å². The molecule has 5 heteroatoms. The Morgan fingerprint density at radius 3 is 2.52 bits per heavy atom. The molecule has 0 saturated heterocycles. The van der Waals surface area contributed by atoms with Gasteiger partial charge in [-0.3, -0.25) is 4.79 Å². The van der Waals surface area contributed by atoms with E-state index in [0.717, 1.165) is 22.0 Å². The summed E-state index contributed by atoms with van der Waals surface area (Å²) in [5.41, 5.74) is 3.89. The Balaban J connectivity index is 1.35. The lowest BCUT2D eigenvalue weighted by atomic mass is 9.87. The first kappa shape index (κ1) is 20.8. The third-order valence-corrected chi connectivity index (χ3v) is 5.75. The van der Waals surface area contributed by atoms with Crippen LogP contribution in [0.2, 0.25) is 0 Å². The maximum Gasteiger partial charge on any atom is 0.343 e. The van der Waals surface area contributed by atoms with Crippen molar-refractivity contribution in [2.45, 2.75) is 26.2 Å². The van der Waals surface area contributed by atoms with Crippen LogP contribution in [0.15, 0.2) is 78.7 Å². The van der Waals surface area contributed by atoms with Gasteiger partial charge in [-0.2, -0.15) is 0 Å². The molecule has 0 bridgehead atoms. The number of carbonyl (C=O) groups is 2. The van der Waals surface area contributed by atoms with Crippen LogP contribution in [0.1, 0.15) is 52.6 Å². The number of esters is 1. The van der Waals surface area contributed by atoms with Gasteiger partial charge in [-0.15, -0.1) is 0 Å². The fourth-order valence-corrected chi connectivity index (χ4v) is 3.86. The predicted molar refractivity (Wildman–Crippen MR) is 128 cm³/mol. The van der Waals surface area contributed by atoms with E-state index in [1.165, 1.54) is 0 Å². The van der Waals surface area contributed by atoms with Crippen LogP contribution in [0.5, 0.6) is 11.5 Å². The van der Waals surface area contributed by atoms with Gasteiger partial charge in [-0.05, 0) is 47.4 Å². The number of aromatic amines is 1. The van der Waals surface area contributed by atoms with E-state index in [1.807, 2.05) is 42.6 Å². The van der Waals surface area contributed by atoms with E-state index in [-0.39, 0.29) is 17.0 Å². The van der Waals surface area contributed by atoms with Crippen molar-refractivity contribution in [2.24, 2.45) is 0 Å². The largest absolute Gasteiger partial charge is 0.452 e. The molecule has 0 aliphatic carbocycles. The smallest absolute Gasteiger partial charge is 0.343 e. The molecule has 0 fully saturated rings. The molecule has 164 valence electrons. The number of carbonyl (C=O) groups excluding carboxylic acids is 2. The molecule has 0 saturated carbocycles. The molecular formula is C28H23NO4.